The van der Waals surface area contributed by atoms with E-state index in [0.717, 1.165) is 29.8 Å². The first kappa shape index (κ1) is 22.2. The first-order chi connectivity index (χ1) is 14.1. The molecule has 0 bridgehead atoms. The van der Waals surface area contributed by atoms with Crippen molar-refractivity contribution in [2.45, 2.75) is 32.3 Å². The number of rotatable bonds is 10. The van der Waals surface area contributed by atoms with Crippen LogP contribution in [0.1, 0.15) is 39.6 Å². The summed E-state index contributed by atoms with van der Waals surface area (Å²) >= 11 is 1.20. The molecule has 0 atom stereocenters. The van der Waals surface area contributed by atoms with E-state index in [1.54, 1.807) is 12.1 Å². The van der Waals surface area contributed by atoms with E-state index in [1.807, 2.05) is 23.7 Å². The number of ether oxygens (including phenoxy) is 1. The summed E-state index contributed by atoms with van der Waals surface area (Å²) in [5.41, 5.74) is 8.14. The predicted octanol–water partition coefficient (Wildman–Crippen LogP) is 1.32. The van der Waals surface area contributed by atoms with Crippen molar-refractivity contribution >= 4 is 29.3 Å². The molecular weight excluding hydrogens is 398 g/mol. The van der Waals surface area contributed by atoms with Crippen LogP contribution < -0.4 is 16.5 Å². The Morgan fingerprint density at radius 3 is 2.66 bits per heavy atom. The van der Waals surface area contributed by atoms with E-state index in [1.165, 1.54) is 11.3 Å². The number of nitrogens with two attached hydrogens (primary N) is 1. The van der Waals surface area contributed by atoms with Crippen LogP contribution in [0.4, 0.5) is 4.79 Å². The molecule has 2 amide bonds. The molecule has 2 rings (SSSR count). The van der Waals surface area contributed by atoms with E-state index in [4.69, 9.17) is 10.5 Å². The van der Waals surface area contributed by atoms with E-state index in [9.17, 15) is 14.4 Å². The Bertz CT molecular complexity index is 799. The lowest BCUT2D eigenvalue weighted by molar-refractivity contribution is -0.149. The second kappa shape index (κ2) is 12.4. The molecule has 1 aromatic carbocycles. The number of aromatic nitrogens is 2. The largest absolute Gasteiger partial charge is 0.443 e. The Morgan fingerprint density at radius 2 is 1.90 bits per heavy atom. The molecule has 0 aliphatic rings. The highest BCUT2D eigenvalue weighted by atomic mass is 32.1. The summed E-state index contributed by atoms with van der Waals surface area (Å²) < 4.78 is 4.90. The van der Waals surface area contributed by atoms with Gasteiger partial charge >= 0.3 is 12.1 Å². The van der Waals surface area contributed by atoms with Crippen LogP contribution in [0, 0.1) is 0 Å². The summed E-state index contributed by atoms with van der Waals surface area (Å²) in [4.78, 5) is 39.7. The van der Waals surface area contributed by atoms with Crippen LogP contribution in [0.2, 0.25) is 0 Å². The van der Waals surface area contributed by atoms with Crippen molar-refractivity contribution in [1.82, 2.24) is 21.0 Å². The predicted molar refractivity (Wildman–Crippen MR) is 105 cm³/mol. The van der Waals surface area contributed by atoms with Crippen molar-refractivity contribution in [3.8, 4) is 0 Å². The fourth-order valence-electron chi connectivity index (χ4n) is 2.12. The molecular formula is C18H23N5O5S. The third-order valence-electron chi connectivity index (χ3n) is 3.58. The fourth-order valence-corrected chi connectivity index (χ4v) is 2.92. The number of hydroxylamine groups is 1. The molecule has 1 heterocycles. The number of amides is 2. The van der Waals surface area contributed by atoms with Gasteiger partial charge in [0, 0.05) is 13.0 Å². The molecule has 0 spiro atoms. The molecule has 0 fully saturated rings. The third-order valence-corrected chi connectivity index (χ3v) is 4.56. The van der Waals surface area contributed by atoms with Gasteiger partial charge < -0.3 is 20.6 Å². The maximum atomic E-state index is 12.0. The van der Waals surface area contributed by atoms with Gasteiger partial charge in [0.1, 0.15) is 11.6 Å². The number of nitrogens with zero attached hydrogens (tertiary/aromatic N) is 2. The molecule has 0 saturated carbocycles. The van der Waals surface area contributed by atoms with Crippen LogP contribution in [0.3, 0.4) is 0 Å². The molecule has 11 heteroatoms. The number of nitrogens with one attached hydrogen (secondary N) is 2. The lowest BCUT2D eigenvalue weighted by Crippen LogP contribution is -2.31. The number of benzene rings is 1. The zero-order valence-electron chi connectivity index (χ0n) is 15.8. The maximum Gasteiger partial charge on any atom is 0.441 e. The van der Waals surface area contributed by atoms with Gasteiger partial charge in [0.25, 0.3) is 5.91 Å². The molecule has 156 valence electrons. The average molecular weight is 421 g/mol. The van der Waals surface area contributed by atoms with Crippen molar-refractivity contribution in [3.63, 3.8) is 0 Å². The number of unbranched alkanes of at least 4 members (excludes halogenated alkanes) is 1. The second-order valence-corrected chi connectivity index (χ2v) is 6.95. The van der Waals surface area contributed by atoms with Gasteiger partial charge in [-0.25, -0.2) is 9.59 Å². The van der Waals surface area contributed by atoms with Crippen LogP contribution in [-0.2, 0) is 27.4 Å². The van der Waals surface area contributed by atoms with Gasteiger partial charge in [0.15, 0.2) is 0 Å². The number of carbonyl (C=O) groups is 3. The quantitative estimate of drug-likeness (QED) is 0.385. The van der Waals surface area contributed by atoms with Crippen LogP contribution in [0.5, 0.6) is 0 Å². The number of hydrogen-bond acceptors (Lipinski definition) is 9. The smallest absolute Gasteiger partial charge is 0.441 e. The third kappa shape index (κ3) is 8.66. The van der Waals surface area contributed by atoms with Gasteiger partial charge in [0.05, 0.1) is 6.42 Å². The van der Waals surface area contributed by atoms with Gasteiger partial charge in [-0.05, 0) is 24.9 Å². The van der Waals surface area contributed by atoms with Gasteiger partial charge in [-0.15, -0.1) is 15.7 Å². The molecule has 4 N–H and O–H groups in total. The molecule has 1 aromatic heterocycles. The molecule has 0 unspecified atom stereocenters. The monoisotopic (exact) mass is 421 g/mol. The van der Waals surface area contributed by atoms with Crippen molar-refractivity contribution in [1.29, 1.82) is 0 Å². The minimum atomic E-state index is -0.887. The maximum absolute atomic E-state index is 12.0. The molecule has 0 aliphatic carbocycles. The first-order valence-corrected chi connectivity index (χ1v) is 9.87. The summed E-state index contributed by atoms with van der Waals surface area (Å²) in [6, 6.07) is 9.06. The van der Waals surface area contributed by atoms with E-state index >= 15 is 0 Å². The van der Waals surface area contributed by atoms with Gasteiger partial charge in [0.2, 0.25) is 5.01 Å². The van der Waals surface area contributed by atoms with Crippen molar-refractivity contribution in [3.05, 3.63) is 45.9 Å². The van der Waals surface area contributed by atoms with E-state index in [0.29, 0.717) is 6.54 Å². The van der Waals surface area contributed by atoms with Crippen LogP contribution >= 0.6 is 11.3 Å². The summed E-state index contributed by atoms with van der Waals surface area (Å²) in [6.45, 7) is 0.693. The lowest BCUT2D eigenvalue weighted by atomic mass is 10.2. The first-order valence-electron chi connectivity index (χ1n) is 9.05. The zero-order chi connectivity index (χ0) is 20.9. The second-order valence-electron chi connectivity index (χ2n) is 5.89. The summed E-state index contributed by atoms with van der Waals surface area (Å²) in [7, 11) is 0. The average Bonchev–Trinajstić information content (AvgIpc) is 3.21. The van der Waals surface area contributed by atoms with E-state index < -0.39 is 18.0 Å². The highest BCUT2D eigenvalue weighted by Gasteiger charge is 2.14. The highest BCUT2D eigenvalue weighted by Crippen LogP contribution is 2.12. The van der Waals surface area contributed by atoms with Gasteiger partial charge in [-0.3, -0.25) is 4.79 Å². The molecule has 0 aliphatic heterocycles. The van der Waals surface area contributed by atoms with Crippen LogP contribution in [-0.4, -0.2) is 41.3 Å². The Balaban J connectivity index is 1.59. The zero-order valence-corrected chi connectivity index (χ0v) is 16.6. The van der Waals surface area contributed by atoms with Crippen LogP contribution in [0.25, 0.3) is 0 Å². The van der Waals surface area contributed by atoms with Crippen molar-refractivity contribution in [2.24, 2.45) is 5.73 Å². The minimum Gasteiger partial charge on any atom is -0.443 e. The molecule has 0 radical (unpaired) electrons. The minimum absolute atomic E-state index is 0.0283. The molecule has 10 nitrogen and oxygen atoms in total. The SMILES string of the molecule is NCCCCc1nnc(C(=O)NCCC(=O)ONC(=O)OCc2ccccc2)s1. The Morgan fingerprint density at radius 1 is 1.10 bits per heavy atom. The number of aryl methyl sites for hydroxylation is 1. The number of carbonyl (C=O) groups excluding carboxylic acids is 3. The molecule has 0 saturated heterocycles. The lowest BCUT2D eigenvalue weighted by Gasteiger charge is -2.07. The summed E-state index contributed by atoms with van der Waals surface area (Å²) in [5.74, 6) is -1.14. The van der Waals surface area contributed by atoms with Crippen molar-refractivity contribution in [2.75, 3.05) is 13.1 Å². The van der Waals surface area contributed by atoms with Crippen molar-refractivity contribution < 1.29 is 24.0 Å². The highest BCUT2D eigenvalue weighted by molar-refractivity contribution is 7.13. The summed E-state index contributed by atoms with van der Waals surface area (Å²) in [6.07, 6.45) is 1.48. The normalized spacial score (nSPS) is 10.2. The Kier molecular flexibility index (Phi) is 9.52. The molecule has 2 aromatic rings. The van der Waals surface area contributed by atoms with Crippen LogP contribution in [0.15, 0.2) is 30.3 Å². The van der Waals surface area contributed by atoms with Gasteiger partial charge in [-0.1, -0.05) is 41.7 Å². The standard InChI is InChI=1S/C18H23N5O5S/c19-10-5-4-8-14-21-22-17(29-14)16(25)20-11-9-15(24)28-23-18(26)27-12-13-6-2-1-3-7-13/h1-3,6-7H,4-5,8-12,19H2,(H,20,25)(H,23,26). The molecule has 29 heavy (non-hydrogen) atoms. The fraction of sp³-hybridized carbons (Fsp3) is 0.389. The Labute approximate surface area is 171 Å². The topological polar surface area (TPSA) is 146 Å². The van der Waals surface area contributed by atoms with E-state index in [-0.39, 0.29) is 24.6 Å². The van der Waals surface area contributed by atoms with Gasteiger partial charge in [-0.2, -0.15) is 0 Å². The number of hydrogen-bond donors (Lipinski definition) is 3. The van der Waals surface area contributed by atoms with E-state index in [2.05, 4.69) is 20.4 Å². The Hall–Kier alpha value is -3.05. The summed E-state index contributed by atoms with van der Waals surface area (Å²) in [5, 5.41) is 11.3.